The quantitative estimate of drug-likeness (QED) is 0.139. The molecule has 11 rings (SSSR count). The highest BCUT2D eigenvalue weighted by Gasteiger charge is 2.24. The van der Waals surface area contributed by atoms with Gasteiger partial charge < -0.3 is 0 Å². The van der Waals surface area contributed by atoms with Crippen LogP contribution < -0.4 is 11.1 Å². The first kappa shape index (κ1) is 22.6. The largest absolute Gasteiger partial charge is 0.268 e. The molecule has 0 spiro atoms. The molecule has 0 aliphatic rings. The maximum Gasteiger partial charge on any atom is 0.264 e. The van der Waals surface area contributed by atoms with E-state index in [2.05, 4.69) is 9.97 Å². The molecule has 0 N–H and O–H groups in total. The number of para-hydroxylation sites is 2. The summed E-state index contributed by atoms with van der Waals surface area (Å²) in [5.41, 5.74) is 1.52. The van der Waals surface area contributed by atoms with Crippen molar-refractivity contribution in [2.24, 2.45) is 0 Å². The van der Waals surface area contributed by atoms with Gasteiger partial charge in [-0.3, -0.25) is 18.4 Å². The Balaban J connectivity index is 1.39. The van der Waals surface area contributed by atoms with E-state index in [1.807, 2.05) is 48.5 Å². The summed E-state index contributed by atoms with van der Waals surface area (Å²) in [6.07, 6.45) is 0. The number of nitrogens with zero attached hydrogens (tertiary/aromatic N) is 4. The van der Waals surface area contributed by atoms with Gasteiger partial charge in [0.1, 0.15) is 22.3 Å². The Morgan fingerprint density at radius 2 is 0.773 bits per heavy atom. The van der Waals surface area contributed by atoms with E-state index in [0.717, 1.165) is 53.9 Å². The Morgan fingerprint density at radius 3 is 1.18 bits per heavy atom. The molecule has 204 valence electrons. The summed E-state index contributed by atoms with van der Waals surface area (Å²) in [5, 5.41) is 9.67. The maximum atomic E-state index is 14.8. The maximum absolute atomic E-state index is 14.8. The molecule has 0 saturated heterocycles. The van der Waals surface area contributed by atoms with E-state index in [1.165, 1.54) is 20.9 Å². The minimum absolute atomic E-state index is 0.161. The molecule has 7 aromatic carbocycles. The zero-order valence-electron chi connectivity index (χ0n) is 22.4. The number of fused-ring (bicyclic) bond motifs is 10. The second kappa shape index (κ2) is 7.12. The van der Waals surface area contributed by atoms with E-state index in [0.29, 0.717) is 33.1 Å². The number of rotatable bonds is 0. The number of halogens is 2. The molecular formula is C36H14F2N4O2. The van der Waals surface area contributed by atoms with Crippen LogP contribution in [0.2, 0.25) is 0 Å². The SMILES string of the molecule is O=c1c2ccc3c4ccc5c6c(ccc(c7ccc(c2c37)c2nc3c(F)cccc3n12)c46)c(=O)n1c2cccc(F)c2nc51. The lowest BCUT2D eigenvalue weighted by Crippen LogP contribution is -2.14. The average Bonchev–Trinajstić information content (AvgIpc) is 3.63. The third-order valence-electron chi connectivity index (χ3n) is 9.52. The summed E-state index contributed by atoms with van der Waals surface area (Å²) >= 11 is 0. The van der Waals surface area contributed by atoms with Gasteiger partial charge in [0.05, 0.1) is 11.0 Å². The lowest BCUT2D eigenvalue weighted by Gasteiger charge is -2.18. The van der Waals surface area contributed by atoms with Crippen LogP contribution in [0.25, 0.3) is 98.0 Å². The average molecular weight is 573 g/mol. The summed E-state index contributed by atoms with van der Waals surface area (Å²) in [4.78, 5) is 37.1. The number of hydrogen-bond donors (Lipinski definition) is 0. The Kier molecular flexibility index (Phi) is 3.65. The van der Waals surface area contributed by atoms with Crippen LogP contribution in [0, 0.1) is 11.6 Å². The molecule has 0 saturated carbocycles. The van der Waals surface area contributed by atoms with Gasteiger partial charge in [0, 0.05) is 32.3 Å². The van der Waals surface area contributed by atoms with Crippen LogP contribution in [0.3, 0.4) is 0 Å². The van der Waals surface area contributed by atoms with Gasteiger partial charge in [-0.15, -0.1) is 0 Å². The zero-order chi connectivity index (χ0) is 29.2. The van der Waals surface area contributed by atoms with Crippen molar-refractivity contribution in [2.45, 2.75) is 0 Å². The molecule has 0 aliphatic carbocycles. The molecule has 0 fully saturated rings. The van der Waals surface area contributed by atoms with Crippen molar-refractivity contribution in [1.82, 2.24) is 18.8 Å². The van der Waals surface area contributed by atoms with Gasteiger partial charge in [-0.05, 0) is 80.8 Å². The van der Waals surface area contributed by atoms with E-state index in [4.69, 9.17) is 0 Å². The van der Waals surface area contributed by atoms with Crippen molar-refractivity contribution < 1.29 is 8.78 Å². The normalized spacial score (nSPS) is 13.0. The van der Waals surface area contributed by atoms with Crippen LogP contribution in [0.4, 0.5) is 8.78 Å². The van der Waals surface area contributed by atoms with Crippen molar-refractivity contribution in [3.05, 3.63) is 117 Å². The predicted molar refractivity (Wildman–Crippen MR) is 170 cm³/mol. The summed E-state index contributed by atoms with van der Waals surface area (Å²) in [6, 6.07) is 24.8. The summed E-state index contributed by atoms with van der Waals surface area (Å²) in [6.45, 7) is 0. The fourth-order valence-electron chi connectivity index (χ4n) is 7.76. The van der Waals surface area contributed by atoms with Crippen LogP contribution in [-0.2, 0) is 0 Å². The molecule has 11 aromatic rings. The van der Waals surface area contributed by atoms with Crippen molar-refractivity contribution in [1.29, 1.82) is 0 Å². The van der Waals surface area contributed by atoms with Gasteiger partial charge in [-0.2, -0.15) is 0 Å². The Morgan fingerprint density at radius 1 is 0.432 bits per heavy atom. The number of hydrogen-bond acceptors (Lipinski definition) is 4. The van der Waals surface area contributed by atoms with Gasteiger partial charge in [0.2, 0.25) is 0 Å². The molecule has 0 radical (unpaired) electrons. The molecule has 0 unspecified atom stereocenters. The van der Waals surface area contributed by atoms with E-state index in [1.54, 1.807) is 24.3 Å². The van der Waals surface area contributed by atoms with Crippen LogP contribution in [0.15, 0.2) is 94.5 Å². The van der Waals surface area contributed by atoms with Crippen molar-refractivity contribution in [3.8, 4) is 0 Å². The van der Waals surface area contributed by atoms with Crippen LogP contribution in [0.1, 0.15) is 0 Å². The molecule has 0 aliphatic heterocycles. The van der Waals surface area contributed by atoms with Gasteiger partial charge >= 0.3 is 0 Å². The fourth-order valence-corrected chi connectivity index (χ4v) is 7.76. The molecule has 0 amide bonds. The molecule has 0 bridgehead atoms. The number of aromatic nitrogens is 4. The Labute approximate surface area is 242 Å². The van der Waals surface area contributed by atoms with E-state index < -0.39 is 11.6 Å². The highest BCUT2D eigenvalue weighted by molar-refractivity contribution is 6.40. The summed E-state index contributed by atoms with van der Waals surface area (Å²) < 4.78 is 32.5. The number of pyridine rings is 2. The summed E-state index contributed by atoms with van der Waals surface area (Å²) in [7, 11) is 0. The monoisotopic (exact) mass is 572 g/mol. The van der Waals surface area contributed by atoms with E-state index in [9.17, 15) is 18.4 Å². The molecule has 44 heavy (non-hydrogen) atoms. The van der Waals surface area contributed by atoms with Crippen LogP contribution in [0.5, 0.6) is 0 Å². The van der Waals surface area contributed by atoms with E-state index >= 15 is 0 Å². The zero-order valence-corrected chi connectivity index (χ0v) is 22.4. The third kappa shape index (κ3) is 2.31. The molecule has 4 heterocycles. The fraction of sp³-hybridized carbons (Fsp3) is 0. The standard InChI is InChI=1S/C36H14F2N4O2/c37-23-3-1-5-25-31(23)39-33-19-11-7-15-18-10-14-22-30-20(34-40-32-24(38)4-2-6-26(32)42(34)36(22)44)12-8-16(28(18)30)17-9-13-21(29(19)27(15)17)35(43)41(25)33/h1-14H. The molecule has 4 aromatic heterocycles. The first-order chi connectivity index (χ1) is 21.5. The first-order valence-corrected chi connectivity index (χ1v) is 14.2. The van der Waals surface area contributed by atoms with E-state index in [-0.39, 0.29) is 22.2 Å². The van der Waals surface area contributed by atoms with Crippen molar-refractivity contribution in [2.75, 3.05) is 0 Å². The second-order valence-corrected chi connectivity index (χ2v) is 11.5. The molecular weight excluding hydrogens is 558 g/mol. The minimum Gasteiger partial charge on any atom is -0.268 e. The molecule has 0 atom stereocenters. The Bertz CT molecular complexity index is 3000. The third-order valence-corrected chi connectivity index (χ3v) is 9.52. The van der Waals surface area contributed by atoms with Gasteiger partial charge in [0.15, 0.2) is 11.6 Å². The minimum atomic E-state index is -0.476. The van der Waals surface area contributed by atoms with Gasteiger partial charge in [-0.1, -0.05) is 36.4 Å². The second-order valence-electron chi connectivity index (χ2n) is 11.5. The van der Waals surface area contributed by atoms with Crippen molar-refractivity contribution in [3.63, 3.8) is 0 Å². The summed E-state index contributed by atoms with van der Waals surface area (Å²) in [5.74, 6) is -0.953. The highest BCUT2D eigenvalue weighted by Crippen LogP contribution is 2.45. The topological polar surface area (TPSA) is 68.7 Å². The van der Waals surface area contributed by atoms with Crippen LogP contribution in [-0.4, -0.2) is 18.8 Å². The Hall–Kier alpha value is -6.02. The first-order valence-electron chi connectivity index (χ1n) is 14.2. The predicted octanol–water partition coefficient (Wildman–Crippen LogP) is 7.52. The van der Waals surface area contributed by atoms with Gasteiger partial charge in [0.25, 0.3) is 11.1 Å². The lowest BCUT2D eigenvalue weighted by molar-refractivity contribution is 0.637. The highest BCUT2D eigenvalue weighted by atomic mass is 19.1. The number of imidazole rings is 2. The van der Waals surface area contributed by atoms with Gasteiger partial charge in [-0.25, -0.2) is 18.7 Å². The molecule has 8 heteroatoms. The number of benzene rings is 7. The van der Waals surface area contributed by atoms with Crippen LogP contribution >= 0.6 is 0 Å². The lowest BCUT2D eigenvalue weighted by atomic mass is 9.86. The van der Waals surface area contributed by atoms with Crippen molar-refractivity contribution >= 4 is 98.0 Å². The molecule has 6 nitrogen and oxygen atoms in total. The smallest absolute Gasteiger partial charge is 0.264 e.